The highest BCUT2D eigenvalue weighted by Crippen LogP contribution is 2.14. The highest BCUT2D eigenvalue weighted by atomic mass is 127. The molecule has 1 heterocycles. The van der Waals surface area contributed by atoms with Crippen LogP contribution >= 0.6 is 24.0 Å². The van der Waals surface area contributed by atoms with Crippen LogP contribution in [0.15, 0.2) is 29.3 Å². The van der Waals surface area contributed by atoms with E-state index in [4.69, 9.17) is 15.2 Å². The number of halogens is 1. The van der Waals surface area contributed by atoms with Crippen molar-refractivity contribution in [2.45, 2.75) is 19.8 Å². The highest BCUT2D eigenvalue weighted by Gasteiger charge is 2.11. The van der Waals surface area contributed by atoms with Crippen LogP contribution in [0.2, 0.25) is 0 Å². The summed E-state index contributed by atoms with van der Waals surface area (Å²) in [5.74, 6) is 1.55. The molecule has 0 radical (unpaired) electrons. The van der Waals surface area contributed by atoms with Crippen LogP contribution in [0.4, 0.5) is 0 Å². The van der Waals surface area contributed by atoms with Crippen molar-refractivity contribution in [3.8, 4) is 5.75 Å². The Labute approximate surface area is 149 Å². The second-order valence-electron chi connectivity index (χ2n) is 5.09. The van der Waals surface area contributed by atoms with Crippen LogP contribution in [-0.4, -0.2) is 50.3 Å². The number of benzene rings is 1. The minimum Gasteiger partial charge on any atom is -0.494 e. The second-order valence-corrected chi connectivity index (χ2v) is 5.09. The molecule has 5 nitrogen and oxygen atoms in total. The Bertz CT molecular complexity index is 462. The second kappa shape index (κ2) is 10.7. The molecule has 1 aromatic carbocycles. The minimum absolute atomic E-state index is 0. The molecule has 124 valence electrons. The minimum atomic E-state index is 0. The van der Waals surface area contributed by atoms with Gasteiger partial charge in [0, 0.05) is 19.6 Å². The number of hydrogen-bond donors (Lipinski definition) is 1. The zero-order valence-corrected chi connectivity index (χ0v) is 15.5. The van der Waals surface area contributed by atoms with Gasteiger partial charge in [-0.3, -0.25) is 4.99 Å². The number of guanidine groups is 1. The van der Waals surface area contributed by atoms with Crippen molar-refractivity contribution in [1.29, 1.82) is 0 Å². The third-order valence-electron chi connectivity index (χ3n) is 3.38. The van der Waals surface area contributed by atoms with Crippen molar-refractivity contribution in [3.63, 3.8) is 0 Å². The van der Waals surface area contributed by atoms with Crippen molar-refractivity contribution in [2.75, 3.05) is 39.5 Å². The molecule has 1 saturated heterocycles. The molecule has 0 amide bonds. The van der Waals surface area contributed by atoms with Crippen molar-refractivity contribution < 1.29 is 9.47 Å². The van der Waals surface area contributed by atoms with Gasteiger partial charge in [-0.2, -0.15) is 0 Å². The van der Waals surface area contributed by atoms with E-state index in [1.807, 2.05) is 12.1 Å². The lowest BCUT2D eigenvalue weighted by Crippen LogP contribution is -2.44. The van der Waals surface area contributed by atoms with Gasteiger partial charge in [0.1, 0.15) is 5.75 Å². The first-order valence-electron chi connectivity index (χ1n) is 7.64. The molecule has 2 rings (SSSR count). The third kappa shape index (κ3) is 6.39. The van der Waals surface area contributed by atoms with Crippen molar-refractivity contribution in [1.82, 2.24) is 4.90 Å². The SMILES string of the molecule is CCCOc1cccc(CCN=C(N)N2CCOCC2)c1.I. The van der Waals surface area contributed by atoms with Crippen LogP contribution in [0.5, 0.6) is 5.75 Å². The predicted octanol–water partition coefficient (Wildman–Crippen LogP) is 2.28. The Morgan fingerprint density at radius 2 is 2.14 bits per heavy atom. The maximum Gasteiger partial charge on any atom is 0.191 e. The number of nitrogens with zero attached hydrogens (tertiary/aromatic N) is 2. The summed E-state index contributed by atoms with van der Waals surface area (Å²) in [4.78, 5) is 6.53. The molecule has 0 atom stereocenters. The van der Waals surface area contributed by atoms with Crippen LogP contribution in [0, 0.1) is 0 Å². The zero-order chi connectivity index (χ0) is 14.9. The Morgan fingerprint density at radius 1 is 1.36 bits per heavy atom. The molecule has 1 aliphatic rings. The van der Waals surface area contributed by atoms with Gasteiger partial charge in [0.25, 0.3) is 0 Å². The molecule has 0 aromatic heterocycles. The van der Waals surface area contributed by atoms with Crippen LogP contribution in [0.25, 0.3) is 0 Å². The van der Waals surface area contributed by atoms with E-state index in [2.05, 4.69) is 28.9 Å². The molecule has 6 heteroatoms. The van der Waals surface area contributed by atoms with Gasteiger partial charge in [0.15, 0.2) is 5.96 Å². The summed E-state index contributed by atoms with van der Waals surface area (Å²) in [6.45, 7) is 6.67. The topological polar surface area (TPSA) is 60.1 Å². The molecule has 1 fully saturated rings. The van der Waals surface area contributed by atoms with Gasteiger partial charge in [0.2, 0.25) is 0 Å². The first-order valence-corrected chi connectivity index (χ1v) is 7.64. The maximum atomic E-state index is 6.00. The van der Waals surface area contributed by atoms with Gasteiger partial charge in [-0.1, -0.05) is 19.1 Å². The molecule has 2 N–H and O–H groups in total. The number of ether oxygens (including phenoxy) is 2. The number of aliphatic imine (C=N–C) groups is 1. The summed E-state index contributed by atoms with van der Waals surface area (Å²) < 4.78 is 10.9. The van der Waals surface area contributed by atoms with E-state index in [1.165, 1.54) is 5.56 Å². The average molecular weight is 419 g/mol. The molecule has 1 aliphatic heterocycles. The molecule has 22 heavy (non-hydrogen) atoms. The lowest BCUT2D eigenvalue weighted by atomic mass is 10.1. The molecule has 0 aliphatic carbocycles. The van der Waals surface area contributed by atoms with Crippen molar-refractivity contribution >= 4 is 29.9 Å². The third-order valence-corrected chi connectivity index (χ3v) is 3.38. The lowest BCUT2D eigenvalue weighted by Gasteiger charge is -2.27. The quantitative estimate of drug-likeness (QED) is 0.437. The summed E-state index contributed by atoms with van der Waals surface area (Å²) >= 11 is 0. The van der Waals surface area contributed by atoms with Crippen LogP contribution in [-0.2, 0) is 11.2 Å². The molecule has 0 unspecified atom stereocenters. The Morgan fingerprint density at radius 3 is 2.86 bits per heavy atom. The fourth-order valence-electron chi connectivity index (χ4n) is 2.20. The van der Waals surface area contributed by atoms with Crippen molar-refractivity contribution in [3.05, 3.63) is 29.8 Å². The van der Waals surface area contributed by atoms with E-state index in [-0.39, 0.29) is 24.0 Å². The molecule has 0 spiro atoms. The number of hydrogen-bond acceptors (Lipinski definition) is 3. The first kappa shape index (κ1) is 19.0. The summed E-state index contributed by atoms with van der Waals surface area (Å²) in [6, 6.07) is 8.19. The van der Waals surface area contributed by atoms with Crippen LogP contribution in [0.1, 0.15) is 18.9 Å². The van der Waals surface area contributed by atoms with Gasteiger partial charge in [-0.15, -0.1) is 24.0 Å². The largest absolute Gasteiger partial charge is 0.494 e. The smallest absolute Gasteiger partial charge is 0.191 e. The fourth-order valence-corrected chi connectivity index (χ4v) is 2.20. The summed E-state index contributed by atoms with van der Waals surface area (Å²) in [7, 11) is 0. The van der Waals surface area contributed by atoms with Crippen LogP contribution in [0.3, 0.4) is 0 Å². The van der Waals surface area contributed by atoms with E-state index in [0.29, 0.717) is 12.5 Å². The fraction of sp³-hybridized carbons (Fsp3) is 0.562. The Kier molecular flexibility index (Phi) is 9.22. The van der Waals surface area contributed by atoms with E-state index < -0.39 is 0 Å². The van der Waals surface area contributed by atoms with E-state index in [1.54, 1.807) is 0 Å². The monoisotopic (exact) mass is 419 g/mol. The van der Waals surface area contributed by atoms with E-state index in [9.17, 15) is 0 Å². The maximum absolute atomic E-state index is 6.00. The van der Waals surface area contributed by atoms with E-state index >= 15 is 0 Å². The Hall–Kier alpha value is -1.02. The number of rotatable bonds is 6. The lowest BCUT2D eigenvalue weighted by molar-refractivity contribution is 0.0674. The summed E-state index contributed by atoms with van der Waals surface area (Å²) in [6.07, 6.45) is 1.89. The first-order chi connectivity index (χ1) is 10.3. The van der Waals surface area contributed by atoms with Crippen molar-refractivity contribution in [2.24, 2.45) is 10.7 Å². The van der Waals surface area contributed by atoms with Gasteiger partial charge >= 0.3 is 0 Å². The van der Waals surface area contributed by atoms with Gasteiger partial charge in [-0.25, -0.2) is 0 Å². The average Bonchev–Trinajstić information content (AvgIpc) is 2.54. The predicted molar refractivity (Wildman–Crippen MR) is 100 cm³/mol. The molecular weight excluding hydrogens is 393 g/mol. The van der Waals surface area contributed by atoms with Gasteiger partial charge in [0.05, 0.1) is 19.8 Å². The number of morpholine rings is 1. The molecular formula is C16H26IN3O2. The van der Waals surface area contributed by atoms with Gasteiger partial charge < -0.3 is 20.1 Å². The van der Waals surface area contributed by atoms with E-state index in [0.717, 1.165) is 51.5 Å². The summed E-state index contributed by atoms with van der Waals surface area (Å²) in [5, 5.41) is 0. The molecule has 0 bridgehead atoms. The molecule has 1 aromatic rings. The zero-order valence-electron chi connectivity index (χ0n) is 13.2. The van der Waals surface area contributed by atoms with Gasteiger partial charge in [-0.05, 0) is 30.5 Å². The Balaban J connectivity index is 0.00000242. The molecule has 0 saturated carbocycles. The number of nitrogens with two attached hydrogens (primary N) is 1. The standard InChI is InChI=1S/C16H25N3O2.HI/c1-2-10-21-15-5-3-4-14(13-15)6-7-18-16(17)19-8-11-20-12-9-19;/h3-5,13H,2,6-12H2,1H3,(H2,17,18);1H. The normalized spacial score (nSPS) is 15.3. The van der Waals surface area contributed by atoms with Crippen LogP contribution < -0.4 is 10.5 Å². The summed E-state index contributed by atoms with van der Waals surface area (Å²) in [5.41, 5.74) is 7.23. The highest BCUT2D eigenvalue weighted by molar-refractivity contribution is 14.0.